The van der Waals surface area contributed by atoms with Gasteiger partial charge in [-0.15, -0.1) is 0 Å². The summed E-state index contributed by atoms with van der Waals surface area (Å²) >= 11 is 0. The van der Waals surface area contributed by atoms with Crippen molar-refractivity contribution in [1.29, 1.82) is 0 Å². The largest absolute Gasteiger partial charge is 0.446 e. The predicted octanol–water partition coefficient (Wildman–Crippen LogP) is 5.69. The van der Waals surface area contributed by atoms with Crippen molar-refractivity contribution in [2.45, 2.75) is 39.3 Å². The molecule has 0 atom stereocenters. The highest BCUT2D eigenvalue weighted by Crippen LogP contribution is 2.46. The van der Waals surface area contributed by atoms with Crippen molar-refractivity contribution in [3.63, 3.8) is 0 Å². The molecule has 0 aliphatic heterocycles. The lowest BCUT2D eigenvalue weighted by Gasteiger charge is -2.17. The summed E-state index contributed by atoms with van der Waals surface area (Å²) in [6.07, 6.45) is 2.92. The number of rotatable bonds is 12. The van der Waals surface area contributed by atoms with Crippen molar-refractivity contribution in [2.24, 2.45) is 7.05 Å². The molecule has 0 bridgehead atoms. The molecule has 2 heterocycles. The first-order valence-corrected chi connectivity index (χ1v) is 16.8. The molecule has 0 aliphatic rings. The number of halogens is 2. The van der Waals surface area contributed by atoms with E-state index >= 15 is 0 Å². The Bertz CT molecular complexity index is 1730. The lowest BCUT2D eigenvalue weighted by atomic mass is 10.0. The second kappa shape index (κ2) is 12.2. The van der Waals surface area contributed by atoms with Gasteiger partial charge in [-0.1, -0.05) is 19.6 Å². The summed E-state index contributed by atoms with van der Waals surface area (Å²) in [7, 11) is 0.176. The van der Waals surface area contributed by atoms with Gasteiger partial charge < -0.3 is 19.4 Å². The average molecular weight is 600 g/mol. The van der Waals surface area contributed by atoms with Crippen molar-refractivity contribution in [2.75, 3.05) is 18.5 Å². The highest BCUT2D eigenvalue weighted by molar-refractivity contribution is 6.76. The Morgan fingerprint density at radius 1 is 1.17 bits per heavy atom. The van der Waals surface area contributed by atoms with Crippen molar-refractivity contribution in [3.05, 3.63) is 74.8 Å². The number of anilines is 1. The van der Waals surface area contributed by atoms with E-state index in [2.05, 4.69) is 30.1 Å². The van der Waals surface area contributed by atoms with E-state index in [1.807, 2.05) is 0 Å². The topological polar surface area (TPSA) is 131 Å². The standard InChI is InChI=1S/C28H31F2N5O6Si/c1-17(36)13-31-23-8-7-19(27(26(23)35(38)39)41-24-9-6-18(29)12-22(24)30)21-15-33(2)28(37)25-20(21)14-32-34(25)16-40-10-11-42(3,4)5/h6-9,12,14-15,31H,10-11,13,16H2,1-5H3. The van der Waals surface area contributed by atoms with Gasteiger partial charge in [0.05, 0.1) is 17.7 Å². The summed E-state index contributed by atoms with van der Waals surface area (Å²) in [5.41, 5.74) is -0.340. The van der Waals surface area contributed by atoms with Gasteiger partial charge in [-0.25, -0.2) is 13.5 Å². The molecule has 0 radical (unpaired) electrons. The molecule has 0 saturated carbocycles. The van der Waals surface area contributed by atoms with Gasteiger partial charge in [-0.3, -0.25) is 19.7 Å². The molecule has 4 rings (SSSR count). The van der Waals surface area contributed by atoms with Crippen LogP contribution < -0.4 is 15.6 Å². The molecule has 14 heteroatoms. The molecular formula is C28H31F2N5O6Si. The molecule has 42 heavy (non-hydrogen) atoms. The molecule has 2 aromatic carbocycles. The summed E-state index contributed by atoms with van der Waals surface area (Å²) in [4.78, 5) is 36.4. The zero-order valence-corrected chi connectivity index (χ0v) is 24.9. The number of carbonyl (C=O) groups is 1. The smallest absolute Gasteiger partial charge is 0.335 e. The van der Waals surface area contributed by atoms with Crippen LogP contribution in [0.3, 0.4) is 0 Å². The highest BCUT2D eigenvalue weighted by Gasteiger charge is 2.29. The Kier molecular flexibility index (Phi) is 8.87. The highest BCUT2D eigenvalue weighted by atomic mass is 28.3. The Morgan fingerprint density at radius 3 is 2.55 bits per heavy atom. The molecule has 11 nitrogen and oxygen atoms in total. The number of fused-ring (bicyclic) bond motifs is 1. The monoisotopic (exact) mass is 599 g/mol. The summed E-state index contributed by atoms with van der Waals surface area (Å²) < 4.78 is 42.6. The van der Waals surface area contributed by atoms with E-state index in [1.54, 1.807) is 0 Å². The van der Waals surface area contributed by atoms with Crippen LogP contribution in [-0.4, -0.2) is 46.3 Å². The first kappa shape index (κ1) is 30.5. The fourth-order valence-corrected chi connectivity index (χ4v) is 4.99. The molecule has 1 N–H and O–H groups in total. The van der Waals surface area contributed by atoms with Gasteiger partial charge >= 0.3 is 5.69 Å². The lowest BCUT2D eigenvalue weighted by Crippen LogP contribution is -2.23. The molecule has 0 unspecified atom stereocenters. The number of nitrogens with zero attached hydrogens (tertiary/aromatic N) is 4. The zero-order valence-electron chi connectivity index (χ0n) is 23.9. The summed E-state index contributed by atoms with van der Waals surface area (Å²) in [5.74, 6) is -3.05. The van der Waals surface area contributed by atoms with Gasteiger partial charge in [0, 0.05) is 50.5 Å². The number of ketones is 1. The second-order valence-electron chi connectivity index (χ2n) is 11.0. The summed E-state index contributed by atoms with van der Waals surface area (Å²) in [5, 5.41) is 19.8. The molecule has 4 aromatic rings. The Hall–Kier alpha value is -4.43. The van der Waals surface area contributed by atoms with Gasteiger partial charge in [-0.05, 0) is 37.2 Å². The van der Waals surface area contributed by atoms with Gasteiger partial charge in [-0.2, -0.15) is 5.10 Å². The van der Waals surface area contributed by atoms with Crippen molar-refractivity contribution >= 4 is 36.1 Å². The van der Waals surface area contributed by atoms with Crippen LogP contribution in [0.1, 0.15) is 6.92 Å². The van der Waals surface area contributed by atoms with E-state index in [0.717, 1.165) is 18.2 Å². The van der Waals surface area contributed by atoms with Crippen LogP contribution in [0.5, 0.6) is 11.5 Å². The van der Waals surface area contributed by atoms with Crippen LogP contribution in [-0.2, 0) is 23.3 Å². The number of hydrogen-bond donors (Lipinski definition) is 1. The molecule has 0 saturated heterocycles. The third-order valence-corrected chi connectivity index (χ3v) is 8.13. The maximum atomic E-state index is 14.7. The van der Waals surface area contributed by atoms with Gasteiger partial charge in [0.2, 0.25) is 5.75 Å². The number of nitro groups is 1. The van der Waals surface area contributed by atoms with E-state index in [9.17, 15) is 28.5 Å². The van der Waals surface area contributed by atoms with Crippen molar-refractivity contribution in [3.8, 4) is 22.6 Å². The zero-order chi connectivity index (χ0) is 30.8. The van der Waals surface area contributed by atoms with Crippen LogP contribution in [0, 0.1) is 21.7 Å². The predicted molar refractivity (Wildman–Crippen MR) is 157 cm³/mol. The fourth-order valence-electron chi connectivity index (χ4n) is 4.24. The number of nitrogens with one attached hydrogen (secondary N) is 1. The van der Waals surface area contributed by atoms with Gasteiger partial charge in [0.1, 0.15) is 29.5 Å². The molecule has 0 fully saturated rings. The third kappa shape index (κ3) is 6.71. The number of benzene rings is 2. The minimum atomic E-state index is -1.34. The molecule has 0 spiro atoms. The number of ether oxygens (including phenoxy) is 2. The molecule has 2 aromatic heterocycles. The number of pyridine rings is 1. The number of hydrogen-bond acceptors (Lipinski definition) is 8. The van der Waals surface area contributed by atoms with E-state index in [4.69, 9.17) is 9.47 Å². The fraction of sp³-hybridized carbons (Fsp3) is 0.321. The maximum absolute atomic E-state index is 14.7. The average Bonchev–Trinajstić information content (AvgIpc) is 3.32. The quantitative estimate of drug-likeness (QED) is 0.0951. The minimum absolute atomic E-state index is 0.0187. The lowest BCUT2D eigenvalue weighted by molar-refractivity contribution is -0.384. The van der Waals surface area contributed by atoms with E-state index in [-0.39, 0.29) is 47.1 Å². The molecule has 0 amide bonds. The van der Waals surface area contributed by atoms with E-state index in [0.29, 0.717) is 23.6 Å². The van der Waals surface area contributed by atoms with E-state index in [1.165, 1.54) is 47.7 Å². The van der Waals surface area contributed by atoms with Crippen molar-refractivity contribution in [1.82, 2.24) is 14.3 Å². The normalized spacial score (nSPS) is 11.6. The Labute approximate surface area is 240 Å². The molecule has 0 aliphatic carbocycles. The number of aryl methyl sites for hydroxylation is 1. The second-order valence-corrected chi connectivity index (χ2v) is 16.7. The van der Waals surface area contributed by atoms with Crippen LogP contribution >= 0.6 is 0 Å². The van der Waals surface area contributed by atoms with Gasteiger partial charge in [0.25, 0.3) is 5.56 Å². The summed E-state index contributed by atoms with van der Waals surface area (Å²) in [6, 6.07) is 6.37. The van der Waals surface area contributed by atoms with Crippen LogP contribution in [0.15, 0.2) is 47.5 Å². The number of Topliss-reactive ketones (excluding diaryl/α,β-unsaturated/α-hetero) is 1. The number of nitro benzene ring substituents is 1. The Balaban J connectivity index is 1.90. The molecular weight excluding hydrogens is 568 g/mol. The Morgan fingerprint density at radius 2 is 1.90 bits per heavy atom. The number of aromatic nitrogens is 3. The van der Waals surface area contributed by atoms with Crippen molar-refractivity contribution < 1.29 is 28.0 Å². The maximum Gasteiger partial charge on any atom is 0.335 e. The van der Waals surface area contributed by atoms with Crippen LogP contribution in [0.2, 0.25) is 25.7 Å². The molecule has 222 valence electrons. The van der Waals surface area contributed by atoms with Crippen LogP contribution in [0.25, 0.3) is 22.0 Å². The number of carbonyl (C=O) groups excluding carboxylic acids is 1. The SMILES string of the molecule is CC(=O)CNc1ccc(-c2cn(C)c(=O)c3c2cnn3COCC[Si](C)(C)C)c(Oc2ccc(F)cc2F)c1[N+](=O)[O-]. The third-order valence-electron chi connectivity index (χ3n) is 6.42. The van der Waals surface area contributed by atoms with E-state index < -0.39 is 36.1 Å². The first-order chi connectivity index (χ1) is 19.8. The minimum Gasteiger partial charge on any atom is -0.446 e. The summed E-state index contributed by atoms with van der Waals surface area (Å²) in [6.45, 7) is 8.28. The van der Waals surface area contributed by atoms with Crippen LogP contribution in [0.4, 0.5) is 20.2 Å². The van der Waals surface area contributed by atoms with Gasteiger partial charge in [0.15, 0.2) is 11.6 Å². The first-order valence-electron chi connectivity index (χ1n) is 13.1.